The molecule has 0 bridgehead atoms. The van der Waals surface area contributed by atoms with Crippen LogP contribution in [0.1, 0.15) is 0 Å². The van der Waals surface area contributed by atoms with Crippen LogP contribution < -0.4 is 0 Å². The Kier molecular flexibility index (Phi) is 5.42. The molecule has 2 aromatic heterocycles. The van der Waals surface area contributed by atoms with E-state index < -0.39 is 0 Å². The van der Waals surface area contributed by atoms with E-state index in [0.29, 0.717) is 17.5 Å². The molecule has 0 atom stereocenters. The molecule has 0 aliphatic carbocycles. The minimum Gasteiger partial charge on any atom is -0.309 e. The van der Waals surface area contributed by atoms with Gasteiger partial charge < -0.3 is 4.57 Å². The van der Waals surface area contributed by atoms with Gasteiger partial charge in [0.15, 0.2) is 17.5 Å². The van der Waals surface area contributed by atoms with Crippen molar-refractivity contribution in [3.05, 3.63) is 146 Å². The molecule has 192 valence electrons. The smallest absolute Gasteiger partial charge is 0.164 e. The number of rotatable bonds is 4. The zero-order valence-electron chi connectivity index (χ0n) is 22.1. The number of nitrogens with zero attached hydrogens (tertiary/aromatic N) is 4. The number of hydrogen-bond acceptors (Lipinski definition) is 3. The minimum atomic E-state index is 0.655. The van der Waals surface area contributed by atoms with E-state index in [1.165, 1.54) is 5.39 Å². The molecule has 0 aliphatic heterocycles. The van der Waals surface area contributed by atoms with Crippen molar-refractivity contribution in [1.29, 1.82) is 0 Å². The lowest BCUT2D eigenvalue weighted by atomic mass is 9.99. The lowest BCUT2D eigenvalue weighted by Crippen LogP contribution is -2.01. The normalized spacial score (nSPS) is 11.4. The fourth-order valence-electron chi connectivity index (χ4n) is 5.78. The maximum absolute atomic E-state index is 5.11. The van der Waals surface area contributed by atoms with Crippen LogP contribution in [-0.2, 0) is 0 Å². The van der Waals surface area contributed by atoms with Crippen molar-refractivity contribution < 1.29 is 0 Å². The van der Waals surface area contributed by atoms with Gasteiger partial charge in [-0.2, -0.15) is 0 Å². The molecule has 4 nitrogen and oxygen atoms in total. The maximum Gasteiger partial charge on any atom is 0.164 e. The van der Waals surface area contributed by atoms with E-state index >= 15 is 0 Å². The maximum atomic E-state index is 5.11. The summed E-state index contributed by atoms with van der Waals surface area (Å²) in [6, 6.07) is 50.2. The number of benzene rings is 6. The standard InChI is InChI=1S/C37H24N4/c1-4-14-25(15-5-1)35-38-36(26-16-6-2-7-17-26)40-37(39-35)31-24-27-18-10-11-21-29(27)34-33(31)30-22-12-13-23-32(30)41(34)28-19-8-3-9-20-28/h1-24H. The summed E-state index contributed by atoms with van der Waals surface area (Å²) in [6.45, 7) is 0. The summed E-state index contributed by atoms with van der Waals surface area (Å²) in [5.74, 6) is 1.97. The van der Waals surface area contributed by atoms with Gasteiger partial charge >= 0.3 is 0 Å². The van der Waals surface area contributed by atoms with Gasteiger partial charge in [-0.3, -0.25) is 0 Å². The van der Waals surface area contributed by atoms with Crippen molar-refractivity contribution >= 4 is 32.6 Å². The first kappa shape index (κ1) is 23.3. The summed E-state index contributed by atoms with van der Waals surface area (Å²) in [4.78, 5) is 15.2. The van der Waals surface area contributed by atoms with Gasteiger partial charge in [0.2, 0.25) is 0 Å². The van der Waals surface area contributed by atoms with Crippen molar-refractivity contribution in [3.8, 4) is 39.9 Å². The van der Waals surface area contributed by atoms with E-state index in [0.717, 1.165) is 49.6 Å². The molecule has 0 unspecified atom stereocenters. The molecule has 8 rings (SSSR count). The fourth-order valence-corrected chi connectivity index (χ4v) is 5.78. The SMILES string of the molecule is c1ccc(-c2nc(-c3ccccc3)nc(-c3cc4ccccc4c4c3c3ccccc3n4-c3ccccc3)n2)cc1. The topological polar surface area (TPSA) is 43.6 Å². The van der Waals surface area contributed by atoms with Crippen LogP contribution in [0.15, 0.2) is 146 Å². The molecular formula is C37H24N4. The molecule has 0 radical (unpaired) electrons. The average molecular weight is 525 g/mol. The number of para-hydroxylation sites is 2. The third-order valence-corrected chi connectivity index (χ3v) is 7.61. The zero-order chi connectivity index (χ0) is 27.2. The quantitative estimate of drug-likeness (QED) is 0.231. The van der Waals surface area contributed by atoms with Crippen LogP contribution in [0.3, 0.4) is 0 Å². The van der Waals surface area contributed by atoms with Gasteiger partial charge in [-0.05, 0) is 29.7 Å². The largest absolute Gasteiger partial charge is 0.309 e. The number of hydrogen-bond donors (Lipinski definition) is 0. The van der Waals surface area contributed by atoms with E-state index in [9.17, 15) is 0 Å². The van der Waals surface area contributed by atoms with Crippen LogP contribution in [0, 0.1) is 0 Å². The fraction of sp³-hybridized carbons (Fsp3) is 0. The van der Waals surface area contributed by atoms with Gasteiger partial charge in [0.05, 0.1) is 11.0 Å². The van der Waals surface area contributed by atoms with Crippen molar-refractivity contribution in [2.45, 2.75) is 0 Å². The van der Waals surface area contributed by atoms with E-state index in [-0.39, 0.29) is 0 Å². The molecule has 0 N–H and O–H groups in total. The van der Waals surface area contributed by atoms with Gasteiger partial charge in [0.1, 0.15) is 0 Å². The third kappa shape index (κ3) is 3.88. The first-order valence-corrected chi connectivity index (χ1v) is 13.7. The Balaban J connectivity index is 1.53. The Bertz CT molecular complexity index is 2130. The molecule has 0 saturated heterocycles. The third-order valence-electron chi connectivity index (χ3n) is 7.61. The monoisotopic (exact) mass is 524 g/mol. The summed E-state index contributed by atoms with van der Waals surface area (Å²) in [5.41, 5.74) is 6.31. The lowest BCUT2D eigenvalue weighted by Gasteiger charge is -2.13. The van der Waals surface area contributed by atoms with E-state index in [2.05, 4.69) is 89.5 Å². The molecule has 4 heteroatoms. The lowest BCUT2D eigenvalue weighted by molar-refractivity contribution is 1.08. The highest BCUT2D eigenvalue weighted by Crippen LogP contribution is 2.42. The second-order valence-corrected chi connectivity index (χ2v) is 10.1. The number of aromatic nitrogens is 4. The summed E-state index contributed by atoms with van der Waals surface area (Å²) < 4.78 is 2.37. The Morgan fingerprint density at radius 2 is 0.951 bits per heavy atom. The van der Waals surface area contributed by atoms with Crippen molar-refractivity contribution in [1.82, 2.24) is 19.5 Å². The summed E-state index contributed by atoms with van der Waals surface area (Å²) in [6.07, 6.45) is 0. The molecule has 0 spiro atoms. The Hall–Kier alpha value is -5.61. The molecule has 0 saturated carbocycles. The predicted octanol–water partition coefficient (Wildman–Crippen LogP) is 9.12. The van der Waals surface area contributed by atoms with Gasteiger partial charge in [-0.1, -0.05) is 121 Å². The van der Waals surface area contributed by atoms with Gasteiger partial charge in [-0.25, -0.2) is 15.0 Å². The highest BCUT2D eigenvalue weighted by Gasteiger charge is 2.21. The molecule has 41 heavy (non-hydrogen) atoms. The van der Waals surface area contributed by atoms with E-state index in [4.69, 9.17) is 15.0 Å². The summed E-state index contributed by atoms with van der Waals surface area (Å²) >= 11 is 0. The first-order valence-electron chi connectivity index (χ1n) is 13.7. The molecule has 0 amide bonds. The van der Waals surface area contributed by atoms with Crippen LogP contribution in [0.4, 0.5) is 0 Å². The Labute approximate surface area is 237 Å². The van der Waals surface area contributed by atoms with Crippen LogP contribution >= 0.6 is 0 Å². The second-order valence-electron chi connectivity index (χ2n) is 10.1. The Morgan fingerprint density at radius 1 is 0.439 bits per heavy atom. The van der Waals surface area contributed by atoms with Crippen LogP contribution in [0.25, 0.3) is 72.4 Å². The highest BCUT2D eigenvalue weighted by molar-refractivity contribution is 6.23. The zero-order valence-corrected chi connectivity index (χ0v) is 22.1. The second kappa shape index (κ2) is 9.54. The van der Waals surface area contributed by atoms with Crippen LogP contribution in [-0.4, -0.2) is 19.5 Å². The van der Waals surface area contributed by atoms with Crippen molar-refractivity contribution in [2.24, 2.45) is 0 Å². The molecule has 8 aromatic rings. The van der Waals surface area contributed by atoms with E-state index in [1.54, 1.807) is 0 Å². The van der Waals surface area contributed by atoms with Crippen molar-refractivity contribution in [2.75, 3.05) is 0 Å². The van der Waals surface area contributed by atoms with Gasteiger partial charge in [-0.15, -0.1) is 0 Å². The van der Waals surface area contributed by atoms with Gasteiger partial charge in [0.25, 0.3) is 0 Å². The van der Waals surface area contributed by atoms with Crippen LogP contribution in [0.5, 0.6) is 0 Å². The average Bonchev–Trinajstić information content (AvgIpc) is 3.41. The molecule has 6 aromatic carbocycles. The Morgan fingerprint density at radius 3 is 1.61 bits per heavy atom. The first-order chi connectivity index (χ1) is 20.3. The van der Waals surface area contributed by atoms with Gasteiger partial charge in [0, 0.05) is 38.5 Å². The molecule has 2 heterocycles. The van der Waals surface area contributed by atoms with Crippen molar-refractivity contribution in [3.63, 3.8) is 0 Å². The molecule has 0 fully saturated rings. The van der Waals surface area contributed by atoms with E-state index in [1.807, 2.05) is 60.7 Å². The molecule has 0 aliphatic rings. The predicted molar refractivity (Wildman–Crippen MR) is 168 cm³/mol. The number of fused-ring (bicyclic) bond motifs is 5. The summed E-state index contributed by atoms with van der Waals surface area (Å²) in [5, 5.41) is 4.62. The molecular weight excluding hydrogens is 500 g/mol. The summed E-state index contributed by atoms with van der Waals surface area (Å²) in [7, 11) is 0. The minimum absolute atomic E-state index is 0.655. The van der Waals surface area contributed by atoms with Crippen LogP contribution in [0.2, 0.25) is 0 Å². The highest BCUT2D eigenvalue weighted by atomic mass is 15.0.